The topological polar surface area (TPSA) is 65.4 Å². The SMILES string of the molecule is CCCn1nc(-c2ccccc2OC)cc1C(=O)NCCOC. The lowest BCUT2D eigenvalue weighted by molar-refractivity contribution is 0.0926. The van der Waals surface area contributed by atoms with Crippen LogP contribution in [0.4, 0.5) is 0 Å². The summed E-state index contributed by atoms with van der Waals surface area (Å²) in [6, 6.07) is 9.45. The third-order valence-electron chi connectivity index (χ3n) is 3.42. The Labute approximate surface area is 136 Å². The number of methoxy groups -OCH3 is 2. The Morgan fingerprint density at radius 2 is 2.09 bits per heavy atom. The molecule has 0 aliphatic carbocycles. The molecule has 0 radical (unpaired) electrons. The molecule has 0 atom stereocenters. The maximum atomic E-state index is 12.4. The summed E-state index contributed by atoms with van der Waals surface area (Å²) in [5.74, 6) is 0.587. The summed E-state index contributed by atoms with van der Waals surface area (Å²) in [6.45, 7) is 3.68. The van der Waals surface area contributed by atoms with Crippen LogP contribution in [0.5, 0.6) is 5.75 Å². The molecular weight excluding hydrogens is 294 g/mol. The molecule has 2 rings (SSSR count). The largest absolute Gasteiger partial charge is 0.496 e. The monoisotopic (exact) mass is 317 g/mol. The van der Waals surface area contributed by atoms with Crippen LogP contribution in [0.2, 0.25) is 0 Å². The van der Waals surface area contributed by atoms with Gasteiger partial charge in [0, 0.05) is 25.8 Å². The summed E-state index contributed by atoms with van der Waals surface area (Å²) in [4.78, 5) is 12.4. The zero-order valence-corrected chi connectivity index (χ0v) is 13.8. The first-order chi connectivity index (χ1) is 11.2. The maximum absolute atomic E-state index is 12.4. The van der Waals surface area contributed by atoms with Gasteiger partial charge >= 0.3 is 0 Å². The predicted molar refractivity (Wildman–Crippen MR) is 88.7 cm³/mol. The van der Waals surface area contributed by atoms with Crippen molar-refractivity contribution in [1.29, 1.82) is 0 Å². The van der Waals surface area contributed by atoms with Crippen LogP contribution in [0, 0.1) is 0 Å². The number of hydrogen-bond donors (Lipinski definition) is 1. The van der Waals surface area contributed by atoms with Crippen LogP contribution >= 0.6 is 0 Å². The lowest BCUT2D eigenvalue weighted by atomic mass is 10.1. The minimum absolute atomic E-state index is 0.149. The number of carbonyl (C=O) groups excluding carboxylic acids is 1. The number of nitrogens with zero attached hydrogens (tertiary/aromatic N) is 2. The Bertz CT molecular complexity index is 652. The Morgan fingerprint density at radius 1 is 1.30 bits per heavy atom. The van der Waals surface area contributed by atoms with Crippen molar-refractivity contribution < 1.29 is 14.3 Å². The van der Waals surface area contributed by atoms with Crippen molar-refractivity contribution in [2.45, 2.75) is 19.9 Å². The van der Waals surface area contributed by atoms with E-state index in [1.807, 2.05) is 24.3 Å². The fourth-order valence-electron chi connectivity index (χ4n) is 2.33. The fourth-order valence-corrected chi connectivity index (χ4v) is 2.33. The number of rotatable bonds is 8. The molecule has 0 unspecified atom stereocenters. The molecule has 1 aromatic heterocycles. The minimum Gasteiger partial charge on any atom is -0.496 e. The van der Waals surface area contributed by atoms with Crippen molar-refractivity contribution in [2.24, 2.45) is 0 Å². The van der Waals surface area contributed by atoms with Gasteiger partial charge in [-0.3, -0.25) is 9.48 Å². The van der Waals surface area contributed by atoms with Crippen LogP contribution in [0.1, 0.15) is 23.8 Å². The summed E-state index contributed by atoms with van der Waals surface area (Å²) < 4.78 is 12.1. The molecule has 0 aliphatic rings. The molecule has 2 aromatic rings. The van der Waals surface area contributed by atoms with Gasteiger partial charge in [-0.25, -0.2) is 0 Å². The first-order valence-electron chi connectivity index (χ1n) is 7.69. The van der Waals surface area contributed by atoms with Crippen LogP contribution in [0.25, 0.3) is 11.3 Å². The van der Waals surface area contributed by atoms with Crippen LogP contribution in [-0.4, -0.2) is 43.1 Å². The number of carbonyl (C=O) groups is 1. The van der Waals surface area contributed by atoms with Crippen LogP contribution in [-0.2, 0) is 11.3 Å². The van der Waals surface area contributed by atoms with Crippen LogP contribution < -0.4 is 10.1 Å². The third kappa shape index (κ3) is 4.10. The van der Waals surface area contributed by atoms with E-state index >= 15 is 0 Å². The van der Waals surface area contributed by atoms with Crippen LogP contribution in [0.15, 0.2) is 30.3 Å². The quantitative estimate of drug-likeness (QED) is 0.759. The second kappa shape index (κ2) is 8.33. The van der Waals surface area contributed by atoms with Crippen molar-refractivity contribution in [3.8, 4) is 17.0 Å². The number of ether oxygens (including phenoxy) is 2. The van der Waals surface area contributed by atoms with Crippen molar-refractivity contribution >= 4 is 5.91 Å². The summed E-state index contributed by atoms with van der Waals surface area (Å²) in [5, 5.41) is 7.41. The fraction of sp³-hybridized carbons (Fsp3) is 0.412. The van der Waals surface area contributed by atoms with E-state index in [1.54, 1.807) is 25.0 Å². The first kappa shape index (κ1) is 17.0. The van der Waals surface area contributed by atoms with Crippen molar-refractivity contribution in [1.82, 2.24) is 15.1 Å². The molecule has 0 fully saturated rings. The first-order valence-corrected chi connectivity index (χ1v) is 7.69. The molecule has 0 saturated carbocycles. The molecule has 0 spiro atoms. The number of aryl methyl sites for hydroxylation is 1. The van der Waals surface area contributed by atoms with Gasteiger partial charge in [-0.05, 0) is 24.6 Å². The van der Waals surface area contributed by atoms with Gasteiger partial charge in [0.2, 0.25) is 0 Å². The smallest absolute Gasteiger partial charge is 0.269 e. The van der Waals surface area contributed by atoms with E-state index in [1.165, 1.54) is 0 Å². The molecule has 0 saturated heterocycles. The van der Waals surface area contributed by atoms with E-state index in [0.717, 1.165) is 23.4 Å². The summed E-state index contributed by atoms with van der Waals surface area (Å²) in [5.41, 5.74) is 2.15. The number of benzene rings is 1. The zero-order valence-electron chi connectivity index (χ0n) is 13.8. The minimum atomic E-state index is -0.149. The summed E-state index contributed by atoms with van der Waals surface area (Å²) in [6.07, 6.45) is 0.894. The number of aromatic nitrogens is 2. The van der Waals surface area contributed by atoms with E-state index in [4.69, 9.17) is 9.47 Å². The number of nitrogens with one attached hydrogen (secondary N) is 1. The van der Waals surface area contributed by atoms with E-state index < -0.39 is 0 Å². The average Bonchev–Trinajstić information content (AvgIpc) is 2.99. The number of hydrogen-bond acceptors (Lipinski definition) is 4. The van der Waals surface area contributed by atoms with Gasteiger partial charge in [0.15, 0.2) is 0 Å². The molecule has 1 N–H and O–H groups in total. The molecule has 1 aromatic carbocycles. The van der Waals surface area contributed by atoms with E-state index in [-0.39, 0.29) is 5.91 Å². The Kier molecular flexibility index (Phi) is 6.17. The van der Waals surface area contributed by atoms with Crippen molar-refractivity contribution in [3.63, 3.8) is 0 Å². The maximum Gasteiger partial charge on any atom is 0.269 e. The van der Waals surface area contributed by atoms with Gasteiger partial charge in [0.1, 0.15) is 11.4 Å². The third-order valence-corrected chi connectivity index (χ3v) is 3.42. The zero-order chi connectivity index (χ0) is 16.7. The molecule has 6 heteroatoms. The van der Waals surface area contributed by atoms with E-state index in [9.17, 15) is 4.79 Å². The highest BCUT2D eigenvalue weighted by Crippen LogP contribution is 2.29. The van der Waals surface area contributed by atoms with Crippen molar-refractivity contribution in [3.05, 3.63) is 36.0 Å². The lowest BCUT2D eigenvalue weighted by Gasteiger charge is -2.06. The molecule has 0 bridgehead atoms. The molecular formula is C17H23N3O3. The highest BCUT2D eigenvalue weighted by Gasteiger charge is 2.17. The lowest BCUT2D eigenvalue weighted by Crippen LogP contribution is -2.29. The Balaban J connectivity index is 2.32. The second-order valence-electron chi connectivity index (χ2n) is 5.09. The average molecular weight is 317 g/mol. The van der Waals surface area contributed by atoms with Gasteiger partial charge in [-0.15, -0.1) is 0 Å². The van der Waals surface area contributed by atoms with Gasteiger partial charge in [-0.2, -0.15) is 5.10 Å². The predicted octanol–water partition coefficient (Wildman–Crippen LogP) is 2.34. The van der Waals surface area contributed by atoms with Gasteiger partial charge < -0.3 is 14.8 Å². The second-order valence-corrected chi connectivity index (χ2v) is 5.09. The normalized spacial score (nSPS) is 10.6. The van der Waals surface area contributed by atoms with Gasteiger partial charge in [0.05, 0.1) is 19.4 Å². The standard InChI is InChI=1S/C17H23N3O3/c1-4-10-20-15(17(21)18-9-11-22-2)12-14(19-20)13-7-5-6-8-16(13)23-3/h5-8,12H,4,9-11H2,1-3H3,(H,18,21). The number of para-hydroxylation sites is 1. The summed E-state index contributed by atoms with van der Waals surface area (Å²) in [7, 11) is 3.23. The molecule has 23 heavy (non-hydrogen) atoms. The van der Waals surface area contributed by atoms with Crippen molar-refractivity contribution in [2.75, 3.05) is 27.4 Å². The van der Waals surface area contributed by atoms with E-state index in [2.05, 4.69) is 17.3 Å². The highest BCUT2D eigenvalue weighted by atomic mass is 16.5. The Hall–Kier alpha value is -2.34. The molecule has 124 valence electrons. The Morgan fingerprint density at radius 3 is 2.78 bits per heavy atom. The molecule has 1 heterocycles. The highest BCUT2D eigenvalue weighted by molar-refractivity contribution is 5.93. The molecule has 1 amide bonds. The molecule has 6 nitrogen and oxygen atoms in total. The van der Waals surface area contributed by atoms with Crippen LogP contribution in [0.3, 0.4) is 0 Å². The number of amides is 1. The molecule has 0 aliphatic heterocycles. The van der Waals surface area contributed by atoms with E-state index in [0.29, 0.717) is 25.4 Å². The van der Waals surface area contributed by atoms with Gasteiger partial charge in [-0.1, -0.05) is 19.1 Å². The summed E-state index contributed by atoms with van der Waals surface area (Å²) >= 11 is 0. The van der Waals surface area contributed by atoms with Gasteiger partial charge in [0.25, 0.3) is 5.91 Å².